The molecular formula is C13H12O3P+. The van der Waals surface area contributed by atoms with Crippen molar-refractivity contribution in [2.24, 2.45) is 0 Å². The van der Waals surface area contributed by atoms with Crippen LogP contribution in [-0.4, -0.2) is 11.6 Å². The second kappa shape index (κ2) is 7.31. The highest BCUT2D eigenvalue weighted by molar-refractivity contribution is 7.61. The summed E-state index contributed by atoms with van der Waals surface area (Å²) < 4.78 is 12.0. The van der Waals surface area contributed by atoms with E-state index in [0.29, 0.717) is 0 Å². The molecule has 0 atom stereocenters. The van der Waals surface area contributed by atoms with Crippen molar-refractivity contribution < 1.29 is 14.5 Å². The van der Waals surface area contributed by atoms with Crippen LogP contribution >= 0.6 is 7.80 Å². The van der Waals surface area contributed by atoms with E-state index in [-0.39, 0.29) is 6.47 Å². The van der Waals surface area contributed by atoms with E-state index in [0.717, 1.165) is 10.6 Å². The summed E-state index contributed by atoms with van der Waals surface area (Å²) in [5.74, 6) is 0. The van der Waals surface area contributed by atoms with Gasteiger partial charge in [-0.05, 0) is 24.3 Å². The van der Waals surface area contributed by atoms with Gasteiger partial charge >= 0.3 is 7.80 Å². The minimum absolute atomic E-state index is 0.250. The fourth-order valence-electron chi connectivity index (χ4n) is 1.28. The Balaban J connectivity index is 0.000000437. The van der Waals surface area contributed by atoms with Gasteiger partial charge in [0.15, 0.2) is 10.6 Å². The summed E-state index contributed by atoms with van der Waals surface area (Å²) in [6.07, 6.45) is 0. The zero-order chi connectivity index (χ0) is 12.5. The van der Waals surface area contributed by atoms with E-state index >= 15 is 0 Å². The van der Waals surface area contributed by atoms with Crippen LogP contribution in [0.2, 0.25) is 0 Å². The lowest BCUT2D eigenvalue weighted by Crippen LogP contribution is -2.04. The van der Waals surface area contributed by atoms with E-state index in [1.165, 1.54) is 0 Å². The average molecular weight is 247 g/mol. The van der Waals surface area contributed by atoms with Crippen molar-refractivity contribution in [3.05, 3.63) is 60.7 Å². The molecule has 0 bridgehead atoms. The predicted octanol–water partition coefficient (Wildman–Crippen LogP) is 2.17. The maximum absolute atomic E-state index is 12.0. The van der Waals surface area contributed by atoms with Gasteiger partial charge in [0, 0.05) is 0 Å². The molecule has 0 spiro atoms. The number of carboxylic acid groups (broad SMARTS) is 1. The van der Waals surface area contributed by atoms with Gasteiger partial charge in [-0.3, -0.25) is 4.79 Å². The van der Waals surface area contributed by atoms with Crippen molar-refractivity contribution in [1.29, 1.82) is 0 Å². The quantitative estimate of drug-likeness (QED) is 0.653. The summed E-state index contributed by atoms with van der Waals surface area (Å²) in [6, 6.07) is 19.1. The van der Waals surface area contributed by atoms with Gasteiger partial charge in [-0.1, -0.05) is 41.0 Å². The largest absolute Gasteiger partial charge is 0.483 e. The number of benzene rings is 2. The molecule has 4 heteroatoms. The minimum atomic E-state index is -1.42. The van der Waals surface area contributed by atoms with Gasteiger partial charge in [-0.15, -0.1) is 0 Å². The van der Waals surface area contributed by atoms with Crippen LogP contribution in [0.5, 0.6) is 0 Å². The van der Waals surface area contributed by atoms with Crippen LogP contribution in [0, 0.1) is 0 Å². The average Bonchev–Trinajstić information content (AvgIpc) is 2.41. The highest BCUT2D eigenvalue weighted by Gasteiger charge is 2.21. The Morgan fingerprint density at radius 1 is 0.824 bits per heavy atom. The van der Waals surface area contributed by atoms with Crippen LogP contribution in [0.4, 0.5) is 0 Å². The molecular weight excluding hydrogens is 235 g/mol. The van der Waals surface area contributed by atoms with E-state index in [1.807, 2.05) is 60.7 Å². The third-order valence-electron chi connectivity index (χ3n) is 1.98. The number of hydrogen-bond donors (Lipinski definition) is 1. The molecule has 86 valence electrons. The molecule has 2 rings (SSSR count). The van der Waals surface area contributed by atoms with Crippen LogP contribution in [0.25, 0.3) is 0 Å². The molecule has 17 heavy (non-hydrogen) atoms. The van der Waals surface area contributed by atoms with Gasteiger partial charge in [0.2, 0.25) is 0 Å². The van der Waals surface area contributed by atoms with Gasteiger partial charge in [-0.2, -0.15) is 0 Å². The van der Waals surface area contributed by atoms with Gasteiger partial charge in [-0.25, -0.2) is 0 Å². The Kier molecular flexibility index (Phi) is 5.62. The lowest BCUT2D eigenvalue weighted by Gasteiger charge is -1.87. The zero-order valence-electron chi connectivity index (χ0n) is 9.06. The molecule has 0 amide bonds. The molecule has 2 aromatic carbocycles. The fraction of sp³-hybridized carbons (Fsp3) is 0. The van der Waals surface area contributed by atoms with Crippen molar-refractivity contribution in [2.45, 2.75) is 0 Å². The number of carbonyl (C=O) groups is 1. The van der Waals surface area contributed by atoms with E-state index < -0.39 is 7.80 Å². The topological polar surface area (TPSA) is 54.4 Å². The van der Waals surface area contributed by atoms with Crippen LogP contribution in [0.15, 0.2) is 60.7 Å². The molecule has 0 unspecified atom stereocenters. The fourth-order valence-corrected chi connectivity index (χ4v) is 2.46. The summed E-state index contributed by atoms with van der Waals surface area (Å²) in [7, 11) is -1.42. The summed E-state index contributed by atoms with van der Waals surface area (Å²) in [5, 5.41) is 8.66. The Bertz CT molecular complexity index is 427. The molecule has 0 fully saturated rings. The normalized spacial score (nSPS) is 8.71. The first-order chi connectivity index (χ1) is 8.29. The maximum Gasteiger partial charge on any atom is 0.415 e. The van der Waals surface area contributed by atoms with Crippen LogP contribution in [0.1, 0.15) is 0 Å². The molecule has 0 saturated heterocycles. The SMILES string of the molecule is O=CO.O=[P+](c1ccccc1)c1ccccc1. The van der Waals surface area contributed by atoms with Crippen LogP contribution < -0.4 is 10.6 Å². The lowest BCUT2D eigenvalue weighted by atomic mass is 10.4. The third kappa shape index (κ3) is 4.17. The minimum Gasteiger partial charge on any atom is -0.483 e. The molecule has 0 heterocycles. The summed E-state index contributed by atoms with van der Waals surface area (Å²) >= 11 is 0. The second-order valence-corrected chi connectivity index (χ2v) is 4.69. The van der Waals surface area contributed by atoms with Crippen molar-refractivity contribution >= 4 is 24.9 Å². The Hall–Kier alpha value is -1.99. The zero-order valence-corrected chi connectivity index (χ0v) is 9.96. The molecule has 0 radical (unpaired) electrons. The third-order valence-corrected chi connectivity index (χ3v) is 3.52. The van der Waals surface area contributed by atoms with Crippen LogP contribution in [-0.2, 0) is 9.36 Å². The molecule has 1 N–H and O–H groups in total. The molecule has 2 aromatic rings. The summed E-state index contributed by atoms with van der Waals surface area (Å²) in [5.41, 5.74) is 0. The van der Waals surface area contributed by atoms with Gasteiger partial charge in [0.05, 0.1) is 0 Å². The van der Waals surface area contributed by atoms with E-state index in [9.17, 15) is 4.57 Å². The van der Waals surface area contributed by atoms with Crippen molar-refractivity contribution in [1.82, 2.24) is 0 Å². The van der Waals surface area contributed by atoms with Crippen molar-refractivity contribution in [3.8, 4) is 0 Å². The van der Waals surface area contributed by atoms with E-state index in [1.54, 1.807) is 0 Å². The standard InChI is InChI=1S/C12H10OP.CH2O2/c13-14(11-7-3-1-4-8-11)12-9-5-2-6-10-12;2-1-3/h1-10H;1H,(H,2,3)/q+1;. The molecule has 3 nitrogen and oxygen atoms in total. The monoisotopic (exact) mass is 247 g/mol. The highest BCUT2D eigenvalue weighted by atomic mass is 31.1. The summed E-state index contributed by atoms with van der Waals surface area (Å²) in [6.45, 7) is -0.250. The smallest absolute Gasteiger partial charge is 0.415 e. The Morgan fingerprint density at radius 2 is 1.12 bits per heavy atom. The first-order valence-electron chi connectivity index (χ1n) is 4.95. The Labute approximate surface area is 101 Å². The second-order valence-electron chi connectivity index (χ2n) is 3.07. The summed E-state index contributed by atoms with van der Waals surface area (Å²) in [4.78, 5) is 8.36. The van der Waals surface area contributed by atoms with Crippen LogP contribution in [0.3, 0.4) is 0 Å². The van der Waals surface area contributed by atoms with Crippen molar-refractivity contribution in [2.75, 3.05) is 0 Å². The van der Waals surface area contributed by atoms with E-state index in [4.69, 9.17) is 9.90 Å². The first kappa shape index (κ1) is 13.1. The van der Waals surface area contributed by atoms with Gasteiger partial charge in [0.25, 0.3) is 6.47 Å². The highest BCUT2D eigenvalue weighted by Crippen LogP contribution is 2.18. The predicted molar refractivity (Wildman–Crippen MR) is 68.5 cm³/mol. The Morgan fingerprint density at radius 3 is 1.41 bits per heavy atom. The number of hydrogen-bond acceptors (Lipinski definition) is 2. The van der Waals surface area contributed by atoms with Crippen molar-refractivity contribution in [3.63, 3.8) is 0 Å². The lowest BCUT2D eigenvalue weighted by molar-refractivity contribution is -0.122. The molecule has 0 aliphatic heterocycles. The molecule has 0 saturated carbocycles. The van der Waals surface area contributed by atoms with E-state index in [2.05, 4.69) is 0 Å². The molecule has 0 aliphatic carbocycles. The van der Waals surface area contributed by atoms with Gasteiger partial charge < -0.3 is 5.11 Å². The first-order valence-corrected chi connectivity index (χ1v) is 6.20. The molecule has 0 aromatic heterocycles. The number of rotatable bonds is 2. The maximum atomic E-state index is 12.0. The molecule has 0 aliphatic rings. The van der Waals surface area contributed by atoms with Gasteiger partial charge in [0.1, 0.15) is 0 Å².